The number of nitrogens with two attached hydrogens (primary N) is 1. The molecule has 1 aromatic heterocycles. The predicted molar refractivity (Wildman–Crippen MR) is 70.1 cm³/mol. The van der Waals surface area contributed by atoms with E-state index in [9.17, 15) is 0 Å². The van der Waals surface area contributed by atoms with Crippen molar-refractivity contribution < 1.29 is 4.42 Å². The van der Waals surface area contributed by atoms with E-state index in [1.54, 1.807) is 0 Å². The number of aryl methyl sites for hydroxylation is 1. The summed E-state index contributed by atoms with van der Waals surface area (Å²) in [6.45, 7) is 2.02. The van der Waals surface area contributed by atoms with Crippen molar-refractivity contribution in [2.24, 2.45) is 0 Å². The minimum atomic E-state index is 0.451. The number of nitrogens with zero attached hydrogens (tertiary/aromatic N) is 2. The van der Waals surface area contributed by atoms with E-state index in [0.717, 1.165) is 35.5 Å². The molecular formula is C14H17N3O. The fraction of sp³-hybridized carbons (Fsp3) is 0.429. The smallest absolute Gasteiger partial charge is 0.248 e. The van der Waals surface area contributed by atoms with Gasteiger partial charge in [0.2, 0.25) is 11.8 Å². The lowest BCUT2D eigenvalue weighted by Crippen LogP contribution is -1.91. The summed E-state index contributed by atoms with van der Waals surface area (Å²) in [4.78, 5) is 0. The van der Waals surface area contributed by atoms with Gasteiger partial charge in [-0.05, 0) is 37.5 Å². The fourth-order valence-corrected chi connectivity index (χ4v) is 2.55. The van der Waals surface area contributed by atoms with Crippen LogP contribution >= 0.6 is 0 Å². The standard InChI is InChI=1S/C14H17N3O/c1-9-6-7-11(15)8-12(9)14-17-16-13(18-14)10-4-2-3-5-10/h6-8,10H,2-5,15H2,1H3. The quantitative estimate of drug-likeness (QED) is 0.822. The maximum Gasteiger partial charge on any atom is 0.248 e. The highest BCUT2D eigenvalue weighted by Gasteiger charge is 2.23. The van der Waals surface area contributed by atoms with Crippen LogP contribution < -0.4 is 5.73 Å². The summed E-state index contributed by atoms with van der Waals surface area (Å²) in [5.41, 5.74) is 8.56. The number of anilines is 1. The average molecular weight is 243 g/mol. The zero-order valence-electron chi connectivity index (χ0n) is 10.5. The lowest BCUT2D eigenvalue weighted by molar-refractivity contribution is 0.457. The second-order valence-electron chi connectivity index (χ2n) is 5.00. The molecule has 1 saturated carbocycles. The molecule has 0 bridgehead atoms. The third-order valence-electron chi connectivity index (χ3n) is 3.64. The number of hydrogen-bond donors (Lipinski definition) is 1. The molecule has 1 aliphatic carbocycles. The van der Waals surface area contributed by atoms with E-state index in [-0.39, 0.29) is 0 Å². The van der Waals surface area contributed by atoms with Gasteiger partial charge < -0.3 is 10.2 Å². The van der Waals surface area contributed by atoms with E-state index in [4.69, 9.17) is 10.2 Å². The number of nitrogen functional groups attached to an aromatic ring is 1. The Balaban J connectivity index is 1.94. The Kier molecular flexibility index (Phi) is 2.78. The first-order valence-corrected chi connectivity index (χ1v) is 6.44. The van der Waals surface area contributed by atoms with Crippen LogP contribution in [-0.4, -0.2) is 10.2 Å². The van der Waals surface area contributed by atoms with E-state index >= 15 is 0 Å². The van der Waals surface area contributed by atoms with E-state index in [1.165, 1.54) is 12.8 Å². The molecule has 0 saturated heterocycles. The first-order valence-electron chi connectivity index (χ1n) is 6.44. The van der Waals surface area contributed by atoms with Crippen molar-refractivity contribution in [1.29, 1.82) is 0 Å². The Hall–Kier alpha value is -1.84. The molecule has 0 radical (unpaired) electrons. The topological polar surface area (TPSA) is 64.9 Å². The summed E-state index contributed by atoms with van der Waals surface area (Å²) in [6.07, 6.45) is 4.86. The third kappa shape index (κ3) is 1.98. The van der Waals surface area contributed by atoms with Crippen LogP contribution in [0, 0.1) is 6.92 Å². The summed E-state index contributed by atoms with van der Waals surface area (Å²) in [5.74, 6) is 1.82. The van der Waals surface area contributed by atoms with Crippen molar-refractivity contribution in [2.45, 2.75) is 38.5 Å². The molecule has 94 valence electrons. The number of aromatic nitrogens is 2. The van der Waals surface area contributed by atoms with Gasteiger partial charge in [0.25, 0.3) is 0 Å². The van der Waals surface area contributed by atoms with Crippen LogP contribution in [-0.2, 0) is 0 Å². The van der Waals surface area contributed by atoms with Gasteiger partial charge in [0, 0.05) is 17.2 Å². The van der Waals surface area contributed by atoms with E-state index in [1.807, 2.05) is 25.1 Å². The average Bonchev–Trinajstić information content (AvgIpc) is 3.00. The van der Waals surface area contributed by atoms with Gasteiger partial charge in [-0.15, -0.1) is 10.2 Å². The molecule has 4 nitrogen and oxygen atoms in total. The lowest BCUT2D eigenvalue weighted by Gasteiger charge is -2.03. The van der Waals surface area contributed by atoms with Crippen molar-refractivity contribution in [3.63, 3.8) is 0 Å². The van der Waals surface area contributed by atoms with Crippen molar-refractivity contribution in [1.82, 2.24) is 10.2 Å². The van der Waals surface area contributed by atoms with Crippen LogP contribution in [0.1, 0.15) is 43.1 Å². The maximum absolute atomic E-state index is 5.81. The molecule has 0 atom stereocenters. The molecule has 1 fully saturated rings. The number of benzene rings is 1. The molecule has 2 N–H and O–H groups in total. The highest BCUT2D eigenvalue weighted by molar-refractivity contribution is 5.63. The summed E-state index contributed by atoms with van der Waals surface area (Å²) >= 11 is 0. The van der Waals surface area contributed by atoms with Crippen LogP contribution in [0.4, 0.5) is 5.69 Å². The van der Waals surface area contributed by atoms with E-state index in [2.05, 4.69) is 10.2 Å². The summed E-state index contributed by atoms with van der Waals surface area (Å²) in [6, 6.07) is 5.75. The predicted octanol–water partition coefficient (Wildman–Crippen LogP) is 3.28. The lowest BCUT2D eigenvalue weighted by atomic mass is 10.1. The van der Waals surface area contributed by atoms with Gasteiger partial charge in [0.05, 0.1) is 0 Å². The zero-order valence-corrected chi connectivity index (χ0v) is 10.5. The van der Waals surface area contributed by atoms with Crippen molar-refractivity contribution in [3.8, 4) is 11.5 Å². The Bertz CT molecular complexity index is 556. The first kappa shape index (κ1) is 11.3. The molecule has 1 heterocycles. The fourth-order valence-electron chi connectivity index (χ4n) is 2.55. The second-order valence-corrected chi connectivity index (χ2v) is 5.00. The van der Waals surface area contributed by atoms with Gasteiger partial charge in [-0.25, -0.2) is 0 Å². The molecule has 0 unspecified atom stereocenters. The molecule has 18 heavy (non-hydrogen) atoms. The number of rotatable bonds is 2. The van der Waals surface area contributed by atoms with Crippen LogP contribution in [0.2, 0.25) is 0 Å². The molecule has 1 aromatic carbocycles. The van der Waals surface area contributed by atoms with Crippen LogP contribution in [0.25, 0.3) is 11.5 Å². The van der Waals surface area contributed by atoms with Gasteiger partial charge in [0.15, 0.2) is 0 Å². The van der Waals surface area contributed by atoms with Gasteiger partial charge in [0.1, 0.15) is 0 Å². The monoisotopic (exact) mass is 243 g/mol. The highest BCUT2D eigenvalue weighted by Crippen LogP contribution is 2.35. The molecule has 1 aliphatic rings. The van der Waals surface area contributed by atoms with Crippen molar-refractivity contribution in [3.05, 3.63) is 29.7 Å². The minimum Gasteiger partial charge on any atom is -0.420 e. The van der Waals surface area contributed by atoms with Crippen LogP contribution in [0.15, 0.2) is 22.6 Å². The van der Waals surface area contributed by atoms with Gasteiger partial charge >= 0.3 is 0 Å². The van der Waals surface area contributed by atoms with Crippen LogP contribution in [0.5, 0.6) is 0 Å². The Morgan fingerprint density at radius 3 is 2.78 bits per heavy atom. The highest BCUT2D eigenvalue weighted by atomic mass is 16.4. The molecule has 2 aromatic rings. The van der Waals surface area contributed by atoms with Crippen molar-refractivity contribution >= 4 is 5.69 Å². The molecule has 0 spiro atoms. The molecule has 0 amide bonds. The van der Waals surface area contributed by atoms with Gasteiger partial charge in [-0.2, -0.15) is 0 Å². The Morgan fingerprint density at radius 2 is 2.00 bits per heavy atom. The van der Waals surface area contributed by atoms with Crippen LogP contribution in [0.3, 0.4) is 0 Å². The van der Waals surface area contributed by atoms with E-state index in [0.29, 0.717) is 11.8 Å². The third-order valence-corrected chi connectivity index (χ3v) is 3.64. The zero-order chi connectivity index (χ0) is 12.5. The van der Waals surface area contributed by atoms with Gasteiger partial charge in [-0.3, -0.25) is 0 Å². The molecule has 3 rings (SSSR count). The second kappa shape index (κ2) is 4.44. The van der Waals surface area contributed by atoms with Crippen molar-refractivity contribution in [2.75, 3.05) is 5.73 Å². The SMILES string of the molecule is Cc1ccc(N)cc1-c1nnc(C2CCCC2)o1. The summed E-state index contributed by atoms with van der Waals surface area (Å²) in [7, 11) is 0. The number of hydrogen-bond acceptors (Lipinski definition) is 4. The largest absolute Gasteiger partial charge is 0.420 e. The normalized spacial score (nSPS) is 16.3. The molecule has 4 heteroatoms. The first-order chi connectivity index (χ1) is 8.74. The van der Waals surface area contributed by atoms with E-state index < -0.39 is 0 Å². The molecular weight excluding hydrogens is 226 g/mol. The Morgan fingerprint density at radius 1 is 1.22 bits per heavy atom. The minimum absolute atomic E-state index is 0.451. The molecule has 0 aliphatic heterocycles. The summed E-state index contributed by atoms with van der Waals surface area (Å²) in [5, 5.41) is 8.35. The Labute approximate surface area is 106 Å². The maximum atomic E-state index is 5.81. The summed E-state index contributed by atoms with van der Waals surface area (Å²) < 4.78 is 5.81. The van der Waals surface area contributed by atoms with Gasteiger partial charge in [-0.1, -0.05) is 18.9 Å².